The Balaban J connectivity index is 3.92. The van der Waals surface area contributed by atoms with Crippen LogP contribution in [0.15, 0.2) is 9.80 Å². The summed E-state index contributed by atoms with van der Waals surface area (Å²) in [5, 5.41) is 2.53. The molecule has 0 amide bonds. The van der Waals surface area contributed by atoms with Crippen LogP contribution in [0, 0.1) is 0 Å². The Bertz CT molecular complexity index is 168. The predicted molar refractivity (Wildman–Crippen MR) is 23.4 cm³/mol. The van der Waals surface area contributed by atoms with Crippen LogP contribution in [-0.2, 0) is 15.1 Å². The molecule has 0 aliphatic rings. The molecular formula is CH4N2O4S. The molecule has 0 aromatic carbocycles. The summed E-state index contributed by atoms with van der Waals surface area (Å²) in [7, 11) is -3.25. The average molecular weight is 140 g/mol. The van der Waals surface area contributed by atoms with Crippen LogP contribution in [0.2, 0.25) is 0 Å². The summed E-state index contributed by atoms with van der Waals surface area (Å²) in [5.41, 5.74) is 0. The number of rotatable bonds is 2. The first kappa shape index (κ1) is 7.31. The van der Waals surface area contributed by atoms with E-state index in [-0.39, 0.29) is 0 Å². The monoisotopic (exact) mass is 140 g/mol. The summed E-state index contributed by atoms with van der Waals surface area (Å²) in [6.45, 7) is 0. The molecule has 0 heterocycles. The Morgan fingerprint density at radius 3 is 2.25 bits per heavy atom. The maximum absolute atomic E-state index is 9.61. The number of hydrogen-bond acceptors (Lipinski definition) is 4. The smallest absolute Gasteiger partial charge is 0.382 e. The van der Waals surface area contributed by atoms with Crippen LogP contribution in [-0.4, -0.2) is 20.1 Å². The molecular weight excluding hydrogens is 136 g/mol. The predicted octanol–water partition coefficient (Wildman–Crippen LogP) is -0.197. The lowest BCUT2D eigenvalue weighted by Gasteiger charge is -1.79. The van der Waals surface area contributed by atoms with E-state index in [0.29, 0.717) is 0 Å². The zero-order valence-electron chi connectivity index (χ0n) is 3.97. The second kappa shape index (κ2) is 2.58. The van der Waals surface area contributed by atoms with Gasteiger partial charge >= 0.3 is 10.3 Å². The van der Waals surface area contributed by atoms with E-state index in [0.717, 1.165) is 7.11 Å². The van der Waals surface area contributed by atoms with E-state index in [1.807, 2.05) is 0 Å². The standard InChI is InChI=1S/CH4N2O4S/c1-7-2-3-8(4,5)6/h1H3,(H,4,5,6). The van der Waals surface area contributed by atoms with E-state index in [4.69, 9.17) is 4.55 Å². The summed E-state index contributed by atoms with van der Waals surface area (Å²) in [6.07, 6.45) is 0. The van der Waals surface area contributed by atoms with E-state index < -0.39 is 10.3 Å². The molecule has 8 heavy (non-hydrogen) atoms. The van der Waals surface area contributed by atoms with Crippen LogP contribution in [0.1, 0.15) is 0 Å². The van der Waals surface area contributed by atoms with Crippen molar-refractivity contribution in [2.45, 2.75) is 0 Å². The summed E-state index contributed by atoms with van der Waals surface area (Å²) in [5.74, 6) is 0. The lowest BCUT2D eigenvalue weighted by atomic mass is 11.7. The topological polar surface area (TPSA) is 88.3 Å². The first-order valence-corrected chi connectivity index (χ1v) is 2.89. The first-order chi connectivity index (χ1) is 3.56. The highest BCUT2D eigenvalue weighted by Crippen LogP contribution is 1.83. The van der Waals surface area contributed by atoms with Crippen molar-refractivity contribution in [1.29, 1.82) is 0 Å². The molecule has 0 fully saturated rings. The highest BCUT2D eigenvalue weighted by molar-refractivity contribution is 7.84. The molecule has 7 heteroatoms. The van der Waals surface area contributed by atoms with Crippen molar-refractivity contribution in [2.75, 3.05) is 7.11 Å². The fourth-order valence-corrected chi connectivity index (χ4v) is 0.226. The van der Waals surface area contributed by atoms with Crippen LogP contribution >= 0.6 is 0 Å². The van der Waals surface area contributed by atoms with E-state index >= 15 is 0 Å². The van der Waals surface area contributed by atoms with E-state index in [2.05, 4.69) is 14.6 Å². The second-order valence-corrected chi connectivity index (χ2v) is 1.85. The van der Waals surface area contributed by atoms with Crippen molar-refractivity contribution in [2.24, 2.45) is 9.80 Å². The Morgan fingerprint density at radius 2 is 2.12 bits per heavy atom. The van der Waals surface area contributed by atoms with Crippen molar-refractivity contribution in [3.8, 4) is 0 Å². The molecule has 0 atom stereocenters. The van der Waals surface area contributed by atoms with Crippen LogP contribution in [0.5, 0.6) is 0 Å². The average Bonchev–Trinajstić information content (AvgIpc) is 1.59. The molecule has 0 radical (unpaired) electrons. The SMILES string of the molecule is CON=NS(=O)(=O)O. The lowest BCUT2D eigenvalue weighted by Crippen LogP contribution is -1.88. The molecule has 0 unspecified atom stereocenters. The van der Waals surface area contributed by atoms with Gasteiger partial charge in [0.05, 0.1) is 0 Å². The maximum atomic E-state index is 9.61. The third-order valence-corrected chi connectivity index (χ3v) is 0.491. The van der Waals surface area contributed by atoms with Gasteiger partial charge in [0.1, 0.15) is 7.11 Å². The summed E-state index contributed by atoms with van der Waals surface area (Å²) >= 11 is 0. The van der Waals surface area contributed by atoms with Crippen molar-refractivity contribution in [1.82, 2.24) is 0 Å². The molecule has 0 aromatic rings. The molecule has 0 aliphatic carbocycles. The molecule has 0 bridgehead atoms. The zero-order valence-corrected chi connectivity index (χ0v) is 4.79. The molecule has 1 N–H and O–H groups in total. The quantitative estimate of drug-likeness (QED) is 0.327. The highest BCUT2D eigenvalue weighted by Gasteiger charge is 1.95. The van der Waals surface area contributed by atoms with Crippen molar-refractivity contribution < 1.29 is 17.8 Å². The van der Waals surface area contributed by atoms with Gasteiger partial charge < -0.3 is 4.84 Å². The number of hydrogen-bond donors (Lipinski definition) is 1. The van der Waals surface area contributed by atoms with Gasteiger partial charge in [0, 0.05) is 9.80 Å². The third kappa shape index (κ3) is 5.31. The molecule has 0 saturated heterocycles. The van der Waals surface area contributed by atoms with E-state index in [1.54, 1.807) is 0 Å². The summed E-state index contributed by atoms with van der Waals surface area (Å²) in [6, 6.07) is 0. The number of nitrogens with zero attached hydrogens (tertiary/aromatic N) is 2. The molecule has 0 aliphatic heterocycles. The Kier molecular flexibility index (Phi) is 2.35. The molecule has 48 valence electrons. The molecule has 0 spiro atoms. The fourth-order valence-electron chi connectivity index (χ4n) is 0.0755. The minimum atomic E-state index is -4.35. The van der Waals surface area contributed by atoms with E-state index in [1.165, 1.54) is 0 Å². The van der Waals surface area contributed by atoms with Gasteiger partial charge in [-0.25, -0.2) is 0 Å². The summed E-state index contributed by atoms with van der Waals surface area (Å²) in [4.78, 5) is 3.84. The van der Waals surface area contributed by atoms with Crippen molar-refractivity contribution >= 4 is 10.3 Å². The first-order valence-electron chi connectivity index (χ1n) is 1.49. The van der Waals surface area contributed by atoms with Gasteiger partial charge in [-0.15, -0.1) is 0 Å². The Labute approximate surface area is 46.0 Å². The van der Waals surface area contributed by atoms with Crippen LogP contribution in [0.4, 0.5) is 0 Å². The largest absolute Gasteiger partial charge is 0.398 e. The van der Waals surface area contributed by atoms with Gasteiger partial charge in [0.25, 0.3) is 0 Å². The Morgan fingerprint density at radius 1 is 1.62 bits per heavy atom. The zero-order chi connectivity index (χ0) is 6.62. The highest BCUT2D eigenvalue weighted by atomic mass is 32.2. The molecule has 0 saturated carbocycles. The van der Waals surface area contributed by atoms with Gasteiger partial charge in [-0.1, -0.05) is 0 Å². The van der Waals surface area contributed by atoms with Crippen LogP contribution in [0.3, 0.4) is 0 Å². The van der Waals surface area contributed by atoms with Gasteiger partial charge in [-0.2, -0.15) is 8.42 Å². The minimum Gasteiger partial charge on any atom is -0.382 e. The lowest BCUT2D eigenvalue weighted by molar-refractivity contribution is 0.191. The molecule has 6 nitrogen and oxygen atoms in total. The maximum Gasteiger partial charge on any atom is 0.398 e. The van der Waals surface area contributed by atoms with E-state index in [9.17, 15) is 8.42 Å². The third-order valence-electron chi connectivity index (χ3n) is 0.218. The summed E-state index contributed by atoms with van der Waals surface area (Å²) < 4.78 is 29.3. The molecule has 0 rings (SSSR count). The fraction of sp³-hybridized carbons (Fsp3) is 1.00. The van der Waals surface area contributed by atoms with Crippen molar-refractivity contribution in [3.63, 3.8) is 0 Å². The van der Waals surface area contributed by atoms with Gasteiger partial charge in [-0.3, -0.25) is 4.55 Å². The second-order valence-electron chi connectivity index (χ2n) is 0.794. The van der Waals surface area contributed by atoms with Gasteiger partial charge in [-0.05, 0) is 0 Å². The molecule has 0 aromatic heterocycles. The normalized spacial score (nSPS) is 12.2. The van der Waals surface area contributed by atoms with Crippen LogP contribution in [0.25, 0.3) is 0 Å². The minimum absolute atomic E-state index is 1.11. The van der Waals surface area contributed by atoms with Crippen molar-refractivity contribution in [3.05, 3.63) is 0 Å². The van der Waals surface area contributed by atoms with Gasteiger partial charge in [0.15, 0.2) is 0 Å². The van der Waals surface area contributed by atoms with Gasteiger partial charge in [0.2, 0.25) is 0 Å². The Hall–Kier alpha value is -0.690. The van der Waals surface area contributed by atoms with Crippen LogP contribution < -0.4 is 0 Å².